The van der Waals surface area contributed by atoms with Crippen LogP contribution in [-0.4, -0.2) is 47.4 Å². The predicted octanol–water partition coefficient (Wildman–Crippen LogP) is 2.96. The van der Waals surface area contributed by atoms with Gasteiger partial charge in [0, 0.05) is 37.4 Å². The maximum Gasteiger partial charge on any atom is 0.387 e. The molecule has 1 saturated carbocycles. The molecule has 2 atom stereocenters. The Morgan fingerprint density at radius 3 is 2.43 bits per heavy atom. The number of carbonyl (C=O) groups is 1. The average Bonchev–Trinajstić information content (AvgIpc) is 3.46. The molecule has 2 N–H and O–H groups in total. The Kier molecular flexibility index (Phi) is 5.13. The number of benzene rings is 1. The Hall–Kier alpha value is -2.75. The number of anilines is 1. The zero-order chi connectivity index (χ0) is 21.7. The largest absolute Gasteiger partial charge is 0.477 e. The zero-order valence-electron chi connectivity index (χ0n) is 16.5. The Balaban J connectivity index is 2.04. The summed E-state index contributed by atoms with van der Waals surface area (Å²) in [4.78, 5) is 25.9. The number of halogens is 3. The third-order valence-corrected chi connectivity index (χ3v) is 5.45. The van der Waals surface area contributed by atoms with Gasteiger partial charge < -0.3 is 24.6 Å². The number of nitrogens with one attached hydrogen (secondary N) is 1. The topological polar surface area (TPSA) is 83.8 Å². The van der Waals surface area contributed by atoms with Crippen molar-refractivity contribution >= 4 is 22.6 Å². The molecule has 2 aromatic rings. The average molecular weight is 425 g/mol. The number of pyridine rings is 1. The minimum absolute atomic E-state index is 0.00281. The first-order valence-electron chi connectivity index (χ1n) is 9.77. The first kappa shape index (κ1) is 20.5. The lowest BCUT2D eigenvalue weighted by atomic mass is 10.1. The summed E-state index contributed by atoms with van der Waals surface area (Å²) in [6, 6.07) is 0.727. The summed E-state index contributed by atoms with van der Waals surface area (Å²) >= 11 is 0. The molecule has 0 radical (unpaired) electrons. The summed E-state index contributed by atoms with van der Waals surface area (Å²) in [6.45, 7) is 1.26. The Morgan fingerprint density at radius 1 is 1.27 bits per heavy atom. The van der Waals surface area contributed by atoms with E-state index >= 15 is 4.39 Å². The van der Waals surface area contributed by atoms with E-state index in [1.165, 1.54) is 4.57 Å². The van der Waals surface area contributed by atoms with Crippen molar-refractivity contribution in [3.8, 4) is 5.75 Å². The van der Waals surface area contributed by atoms with Crippen LogP contribution in [0, 0.1) is 5.82 Å². The molecule has 2 fully saturated rings. The molecular weight excluding hydrogens is 403 g/mol. The van der Waals surface area contributed by atoms with E-state index in [0.717, 1.165) is 12.3 Å². The van der Waals surface area contributed by atoms with Gasteiger partial charge in [0.2, 0.25) is 5.43 Å². The van der Waals surface area contributed by atoms with Crippen molar-refractivity contribution in [2.24, 2.45) is 0 Å². The van der Waals surface area contributed by atoms with Crippen LogP contribution < -0.4 is 20.4 Å². The van der Waals surface area contributed by atoms with Gasteiger partial charge in [-0.2, -0.15) is 8.78 Å². The van der Waals surface area contributed by atoms with Crippen molar-refractivity contribution < 1.29 is 27.8 Å². The van der Waals surface area contributed by atoms with Gasteiger partial charge in [-0.25, -0.2) is 9.18 Å². The van der Waals surface area contributed by atoms with Gasteiger partial charge >= 0.3 is 12.6 Å². The number of piperazine rings is 1. The van der Waals surface area contributed by atoms with Crippen LogP contribution in [0.2, 0.25) is 0 Å². The highest BCUT2D eigenvalue weighted by Gasteiger charge is 2.34. The number of aromatic nitrogens is 1. The highest BCUT2D eigenvalue weighted by Crippen LogP contribution is 2.44. The van der Waals surface area contributed by atoms with E-state index < -0.39 is 35.1 Å². The monoisotopic (exact) mass is 425 g/mol. The van der Waals surface area contributed by atoms with Crippen LogP contribution in [0.4, 0.5) is 18.9 Å². The summed E-state index contributed by atoms with van der Waals surface area (Å²) in [7, 11) is 0. The molecule has 2 aliphatic rings. The second-order valence-corrected chi connectivity index (χ2v) is 8.00. The molecule has 162 valence electrons. The Morgan fingerprint density at radius 2 is 1.90 bits per heavy atom. The number of carboxylic acids is 1. The predicted molar refractivity (Wildman–Crippen MR) is 104 cm³/mol. The van der Waals surface area contributed by atoms with Crippen molar-refractivity contribution in [3.63, 3.8) is 0 Å². The van der Waals surface area contributed by atoms with Crippen LogP contribution in [-0.2, 0) is 0 Å². The van der Waals surface area contributed by atoms with Gasteiger partial charge in [0.1, 0.15) is 11.3 Å². The van der Waals surface area contributed by atoms with Gasteiger partial charge in [-0.15, -0.1) is 0 Å². The summed E-state index contributed by atoms with van der Waals surface area (Å²) in [6.07, 6.45) is 2.53. The molecule has 0 spiro atoms. The number of aromatic carboxylic acids is 1. The molecule has 7 nitrogen and oxygen atoms in total. The number of carboxylic acid groups (broad SMARTS) is 1. The van der Waals surface area contributed by atoms with Crippen molar-refractivity contribution in [3.05, 3.63) is 33.9 Å². The van der Waals surface area contributed by atoms with Crippen molar-refractivity contribution in [1.82, 2.24) is 9.88 Å². The molecule has 1 aromatic heterocycles. The van der Waals surface area contributed by atoms with Crippen LogP contribution in [0.1, 0.15) is 43.1 Å². The molecule has 0 unspecified atom stereocenters. The van der Waals surface area contributed by atoms with E-state index in [9.17, 15) is 23.5 Å². The number of rotatable bonds is 5. The standard InChI is InChI=1S/C20H22F3N3O4/c1-9-6-25(7-10(2)24-9)16-14(21)5-12-15(18(16)30-20(22)23)26(11-3-4-11)8-13(17(12)27)19(28)29/h5,8-11,20,24H,3-4,6-7H2,1-2H3,(H,28,29)/t9-,10+. The van der Waals surface area contributed by atoms with Crippen LogP contribution >= 0.6 is 0 Å². The number of hydrogen-bond acceptors (Lipinski definition) is 5. The SMILES string of the molecule is C[C@@H]1CN(c2c(F)cc3c(=O)c(C(=O)O)cn(C4CC4)c3c2OC(F)F)C[C@H](C)N1. The van der Waals surface area contributed by atoms with Crippen LogP contribution in [0.3, 0.4) is 0 Å². The Bertz CT molecular complexity index is 1060. The number of nitrogens with zero attached hydrogens (tertiary/aromatic N) is 2. The third-order valence-electron chi connectivity index (χ3n) is 5.45. The van der Waals surface area contributed by atoms with Gasteiger partial charge in [0.15, 0.2) is 11.6 Å². The molecule has 1 aliphatic heterocycles. The molecule has 1 saturated heterocycles. The Labute approximate surface area is 170 Å². The summed E-state index contributed by atoms with van der Waals surface area (Å²) < 4.78 is 48.3. The second-order valence-electron chi connectivity index (χ2n) is 8.00. The van der Waals surface area contributed by atoms with Gasteiger partial charge in [-0.3, -0.25) is 4.79 Å². The van der Waals surface area contributed by atoms with E-state index in [4.69, 9.17) is 4.74 Å². The fraction of sp³-hybridized carbons (Fsp3) is 0.500. The molecule has 1 aliphatic carbocycles. The van der Waals surface area contributed by atoms with E-state index in [0.29, 0.717) is 25.9 Å². The van der Waals surface area contributed by atoms with Gasteiger partial charge in [0.05, 0.1) is 10.9 Å². The highest BCUT2D eigenvalue weighted by atomic mass is 19.3. The molecular formula is C20H22F3N3O4. The lowest BCUT2D eigenvalue weighted by Crippen LogP contribution is -2.54. The summed E-state index contributed by atoms with van der Waals surface area (Å²) in [5, 5.41) is 12.4. The maximum absolute atomic E-state index is 15.2. The summed E-state index contributed by atoms with van der Waals surface area (Å²) in [5.74, 6) is -2.79. The molecule has 30 heavy (non-hydrogen) atoms. The lowest BCUT2D eigenvalue weighted by molar-refractivity contribution is -0.0488. The zero-order valence-corrected chi connectivity index (χ0v) is 16.5. The first-order valence-corrected chi connectivity index (χ1v) is 9.77. The number of alkyl halides is 2. The van der Waals surface area contributed by atoms with Crippen molar-refractivity contribution in [2.45, 2.75) is 51.4 Å². The lowest BCUT2D eigenvalue weighted by Gasteiger charge is -2.38. The van der Waals surface area contributed by atoms with Gasteiger partial charge in [0.25, 0.3) is 0 Å². The van der Waals surface area contributed by atoms with Crippen LogP contribution in [0.25, 0.3) is 10.9 Å². The van der Waals surface area contributed by atoms with E-state index in [1.54, 1.807) is 4.90 Å². The minimum Gasteiger partial charge on any atom is -0.477 e. The highest BCUT2D eigenvalue weighted by molar-refractivity contribution is 5.97. The second kappa shape index (κ2) is 7.50. The number of fused-ring (bicyclic) bond motifs is 1. The number of ether oxygens (including phenoxy) is 1. The fourth-order valence-corrected chi connectivity index (χ4v) is 4.24. The maximum atomic E-state index is 15.2. The summed E-state index contributed by atoms with van der Waals surface area (Å²) in [5.41, 5.74) is -1.60. The normalized spacial score (nSPS) is 22.0. The molecule has 4 rings (SSSR count). The minimum atomic E-state index is -3.24. The molecule has 0 bridgehead atoms. The van der Waals surface area contributed by atoms with E-state index in [-0.39, 0.29) is 34.7 Å². The molecule has 0 amide bonds. The first-order chi connectivity index (χ1) is 14.2. The smallest absolute Gasteiger partial charge is 0.387 e. The van der Waals surface area contributed by atoms with E-state index in [1.807, 2.05) is 13.8 Å². The van der Waals surface area contributed by atoms with Crippen molar-refractivity contribution in [2.75, 3.05) is 18.0 Å². The van der Waals surface area contributed by atoms with Crippen LogP contribution in [0.15, 0.2) is 17.1 Å². The molecule has 2 heterocycles. The fourth-order valence-electron chi connectivity index (χ4n) is 4.24. The quantitative estimate of drug-likeness (QED) is 0.767. The van der Waals surface area contributed by atoms with Crippen molar-refractivity contribution in [1.29, 1.82) is 0 Å². The molecule has 10 heteroatoms. The van der Waals surface area contributed by atoms with Gasteiger partial charge in [-0.1, -0.05) is 0 Å². The number of hydrogen-bond donors (Lipinski definition) is 2. The molecule has 1 aromatic carbocycles. The van der Waals surface area contributed by atoms with Crippen LogP contribution in [0.5, 0.6) is 5.75 Å². The van der Waals surface area contributed by atoms with Gasteiger partial charge in [-0.05, 0) is 32.8 Å². The van der Waals surface area contributed by atoms with E-state index in [2.05, 4.69) is 5.32 Å². The third kappa shape index (κ3) is 3.60.